The van der Waals surface area contributed by atoms with Crippen LogP contribution in [0.5, 0.6) is 5.75 Å². The molecule has 0 amide bonds. The van der Waals surface area contributed by atoms with Gasteiger partial charge in [0, 0.05) is 6.04 Å². The van der Waals surface area contributed by atoms with Gasteiger partial charge in [0.05, 0.1) is 5.69 Å². The lowest BCUT2D eigenvalue weighted by Crippen LogP contribution is -2.10. The van der Waals surface area contributed by atoms with Gasteiger partial charge in [-0.1, -0.05) is 30.7 Å². The predicted octanol–water partition coefficient (Wildman–Crippen LogP) is 4.47. The quantitative estimate of drug-likeness (QED) is 0.850. The minimum atomic E-state index is -2.83. The van der Waals surface area contributed by atoms with Crippen molar-refractivity contribution in [2.24, 2.45) is 0 Å². The van der Waals surface area contributed by atoms with Crippen molar-refractivity contribution < 1.29 is 13.5 Å². The number of aryl methyl sites for hydroxylation is 1. The van der Waals surface area contributed by atoms with Crippen molar-refractivity contribution in [2.45, 2.75) is 32.9 Å². The molecule has 7 heteroatoms. The van der Waals surface area contributed by atoms with Crippen LogP contribution in [0.25, 0.3) is 0 Å². The van der Waals surface area contributed by atoms with Crippen molar-refractivity contribution >= 4 is 17.4 Å². The largest absolute Gasteiger partial charge is 0.435 e. The molecule has 0 saturated carbocycles. The highest BCUT2D eigenvalue weighted by Gasteiger charge is 2.12. The van der Waals surface area contributed by atoms with E-state index in [4.69, 9.17) is 11.6 Å². The molecule has 1 aromatic heterocycles. The Hall–Kier alpha value is -1.95. The lowest BCUT2D eigenvalue weighted by Gasteiger charge is -2.17. The summed E-state index contributed by atoms with van der Waals surface area (Å²) in [5.41, 5.74) is 1.67. The van der Waals surface area contributed by atoms with Gasteiger partial charge in [-0.25, -0.2) is 9.97 Å². The lowest BCUT2D eigenvalue weighted by molar-refractivity contribution is -0.0498. The molecule has 0 spiro atoms. The van der Waals surface area contributed by atoms with E-state index >= 15 is 0 Å². The Kier molecular flexibility index (Phi) is 5.49. The number of ether oxygens (including phenoxy) is 1. The highest BCUT2D eigenvalue weighted by Crippen LogP contribution is 2.27. The Morgan fingerprint density at radius 3 is 2.50 bits per heavy atom. The zero-order valence-electron chi connectivity index (χ0n) is 12.2. The van der Waals surface area contributed by atoms with E-state index in [1.165, 1.54) is 18.5 Å². The SMILES string of the molecule is CCc1ncnc(NC(C)c2ccc(OC(F)F)cc2)c1Cl. The number of halogens is 3. The number of nitrogens with one attached hydrogen (secondary N) is 1. The molecule has 1 aromatic carbocycles. The van der Waals surface area contributed by atoms with Crippen LogP contribution in [0.3, 0.4) is 0 Å². The molecule has 0 radical (unpaired) electrons. The zero-order chi connectivity index (χ0) is 16.1. The molecule has 22 heavy (non-hydrogen) atoms. The molecule has 0 bridgehead atoms. The highest BCUT2D eigenvalue weighted by atomic mass is 35.5. The van der Waals surface area contributed by atoms with Gasteiger partial charge in [-0.2, -0.15) is 8.78 Å². The van der Waals surface area contributed by atoms with Gasteiger partial charge in [-0.05, 0) is 31.0 Å². The van der Waals surface area contributed by atoms with E-state index in [0.29, 0.717) is 17.3 Å². The second-order valence-corrected chi connectivity index (χ2v) is 5.03. The maximum absolute atomic E-state index is 12.1. The molecule has 118 valence electrons. The van der Waals surface area contributed by atoms with Gasteiger partial charge < -0.3 is 10.1 Å². The van der Waals surface area contributed by atoms with Crippen LogP contribution in [0.15, 0.2) is 30.6 Å². The van der Waals surface area contributed by atoms with Crippen LogP contribution in [0.4, 0.5) is 14.6 Å². The molecule has 2 rings (SSSR count). The number of hydrogen-bond donors (Lipinski definition) is 1. The first-order valence-corrected chi connectivity index (χ1v) is 7.19. The number of anilines is 1. The van der Waals surface area contributed by atoms with Crippen LogP contribution in [0.1, 0.15) is 31.1 Å². The van der Waals surface area contributed by atoms with Crippen molar-refractivity contribution in [2.75, 3.05) is 5.32 Å². The Bertz CT molecular complexity index is 623. The van der Waals surface area contributed by atoms with Crippen LogP contribution in [-0.2, 0) is 6.42 Å². The van der Waals surface area contributed by atoms with Crippen molar-refractivity contribution in [3.8, 4) is 5.75 Å². The highest BCUT2D eigenvalue weighted by molar-refractivity contribution is 6.33. The van der Waals surface area contributed by atoms with E-state index < -0.39 is 6.61 Å². The van der Waals surface area contributed by atoms with E-state index in [-0.39, 0.29) is 11.8 Å². The number of nitrogens with zero attached hydrogens (tertiary/aromatic N) is 2. The van der Waals surface area contributed by atoms with Crippen LogP contribution >= 0.6 is 11.6 Å². The Morgan fingerprint density at radius 1 is 1.23 bits per heavy atom. The van der Waals surface area contributed by atoms with Crippen molar-refractivity contribution in [3.05, 3.63) is 46.9 Å². The fourth-order valence-electron chi connectivity index (χ4n) is 1.98. The number of benzene rings is 1. The minimum absolute atomic E-state index is 0.0993. The van der Waals surface area contributed by atoms with E-state index in [0.717, 1.165) is 11.3 Å². The normalized spacial score (nSPS) is 12.3. The second kappa shape index (κ2) is 7.35. The van der Waals surface area contributed by atoms with E-state index in [2.05, 4.69) is 20.0 Å². The Morgan fingerprint density at radius 2 is 1.91 bits per heavy atom. The van der Waals surface area contributed by atoms with Gasteiger partial charge in [-0.3, -0.25) is 0 Å². The summed E-state index contributed by atoms with van der Waals surface area (Å²) in [6.45, 7) is 1.06. The fraction of sp³-hybridized carbons (Fsp3) is 0.333. The maximum atomic E-state index is 12.1. The van der Waals surface area contributed by atoms with E-state index in [1.807, 2.05) is 13.8 Å². The Balaban J connectivity index is 2.10. The van der Waals surface area contributed by atoms with Gasteiger partial charge in [0.1, 0.15) is 22.9 Å². The molecule has 0 saturated heterocycles. The molecule has 4 nitrogen and oxygen atoms in total. The summed E-state index contributed by atoms with van der Waals surface area (Å²) in [6.07, 6.45) is 2.17. The molecule has 1 unspecified atom stereocenters. The van der Waals surface area contributed by atoms with Crippen LogP contribution in [0.2, 0.25) is 5.02 Å². The summed E-state index contributed by atoms with van der Waals surface area (Å²) in [7, 11) is 0. The Labute approximate surface area is 132 Å². The third-order valence-corrected chi connectivity index (χ3v) is 3.55. The standard InChI is InChI=1S/C15H16ClF2N3O/c1-3-12-13(16)14(20-8-19-12)21-9(2)10-4-6-11(7-5-10)22-15(17)18/h4-9,15H,3H2,1-2H3,(H,19,20,21). The number of aromatic nitrogens is 2. The van der Waals surface area contributed by atoms with Gasteiger partial charge in [0.2, 0.25) is 0 Å². The van der Waals surface area contributed by atoms with Gasteiger partial charge >= 0.3 is 6.61 Å². The summed E-state index contributed by atoms with van der Waals surface area (Å²) < 4.78 is 28.6. The summed E-state index contributed by atoms with van der Waals surface area (Å²) in [6, 6.07) is 6.33. The first kappa shape index (κ1) is 16.4. The first-order valence-electron chi connectivity index (χ1n) is 6.82. The fourth-order valence-corrected chi connectivity index (χ4v) is 2.27. The molecular formula is C15H16ClF2N3O. The third-order valence-electron chi connectivity index (χ3n) is 3.16. The number of alkyl halides is 2. The molecule has 0 aliphatic rings. The average molecular weight is 328 g/mol. The van der Waals surface area contributed by atoms with Gasteiger partial charge in [0.15, 0.2) is 0 Å². The molecular weight excluding hydrogens is 312 g/mol. The summed E-state index contributed by atoms with van der Waals surface area (Å²) in [5, 5.41) is 3.68. The van der Waals surface area contributed by atoms with E-state index in [1.54, 1.807) is 12.1 Å². The topological polar surface area (TPSA) is 47.0 Å². The van der Waals surface area contributed by atoms with Crippen LogP contribution in [-0.4, -0.2) is 16.6 Å². The molecule has 0 aliphatic heterocycles. The molecule has 2 aromatic rings. The maximum Gasteiger partial charge on any atom is 0.387 e. The average Bonchev–Trinajstić information content (AvgIpc) is 2.49. The van der Waals surface area contributed by atoms with Gasteiger partial charge in [0.25, 0.3) is 0 Å². The smallest absolute Gasteiger partial charge is 0.387 e. The predicted molar refractivity (Wildman–Crippen MR) is 81.5 cm³/mol. The van der Waals surface area contributed by atoms with Crippen LogP contribution in [0, 0.1) is 0 Å². The third kappa shape index (κ3) is 4.04. The summed E-state index contributed by atoms with van der Waals surface area (Å²) in [4.78, 5) is 8.24. The molecule has 1 atom stereocenters. The van der Waals surface area contributed by atoms with Crippen LogP contribution < -0.4 is 10.1 Å². The summed E-state index contributed by atoms with van der Waals surface area (Å²) >= 11 is 6.23. The first-order chi connectivity index (χ1) is 10.5. The molecule has 1 N–H and O–H groups in total. The summed E-state index contributed by atoms with van der Waals surface area (Å²) in [5.74, 6) is 0.674. The molecule has 0 fully saturated rings. The number of rotatable bonds is 6. The molecule has 0 aliphatic carbocycles. The monoisotopic (exact) mass is 327 g/mol. The van der Waals surface area contributed by atoms with E-state index in [9.17, 15) is 8.78 Å². The van der Waals surface area contributed by atoms with Crippen molar-refractivity contribution in [3.63, 3.8) is 0 Å². The lowest BCUT2D eigenvalue weighted by atomic mass is 10.1. The minimum Gasteiger partial charge on any atom is -0.435 e. The van der Waals surface area contributed by atoms with Gasteiger partial charge in [-0.15, -0.1) is 0 Å². The number of hydrogen-bond acceptors (Lipinski definition) is 4. The second-order valence-electron chi connectivity index (χ2n) is 4.65. The molecule has 1 heterocycles. The zero-order valence-corrected chi connectivity index (χ0v) is 12.9. The van der Waals surface area contributed by atoms with Crippen molar-refractivity contribution in [1.29, 1.82) is 0 Å². The van der Waals surface area contributed by atoms with Crippen molar-refractivity contribution in [1.82, 2.24) is 9.97 Å².